The van der Waals surface area contributed by atoms with Gasteiger partial charge in [0, 0.05) is 44.3 Å². The van der Waals surface area contributed by atoms with Gasteiger partial charge in [0.15, 0.2) is 0 Å². The first-order valence-electron chi connectivity index (χ1n) is 36.6. The topological polar surface area (TPSA) is 59.6 Å². The number of benzene rings is 10. The number of hydrogen-bond acceptors (Lipinski definition) is 3. The molecule has 0 aliphatic rings. The molecule has 0 N–H and O–H groups in total. The Bertz CT molecular complexity index is 5430. The molecule has 0 amide bonds. The van der Waals surface area contributed by atoms with Crippen LogP contribution in [0.15, 0.2) is 218 Å². The Kier molecular flexibility index (Phi) is 13.8. The van der Waals surface area contributed by atoms with Crippen molar-refractivity contribution in [3.05, 3.63) is 270 Å². The van der Waals surface area contributed by atoms with Gasteiger partial charge in [-0.25, -0.2) is 4.98 Å². The van der Waals surface area contributed by atoms with Crippen molar-refractivity contribution in [2.24, 2.45) is 0 Å². The third-order valence-corrected chi connectivity index (χ3v) is 17.5. The van der Waals surface area contributed by atoms with Gasteiger partial charge in [-0.2, -0.15) is 11.3 Å². The van der Waals surface area contributed by atoms with E-state index in [0.29, 0.717) is 33.8 Å². The Morgan fingerprint density at radius 2 is 0.979 bits per heavy atom. The number of pyridine rings is 1. The van der Waals surface area contributed by atoms with Crippen LogP contribution in [0.3, 0.4) is 0 Å². The number of nitriles is 1. The van der Waals surface area contributed by atoms with E-state index in [4.69, 9.17) is 17.9 Å². The van der Waals surface area contributed by atoms with E-state index in [2.05, 4.69) is 212 Å². The maximum Gasteiger partial charge on any atom is 0.268 e. The van der Waals surface area contributed by atoms with Gasteiger partial charge in [-0.3, -0.25) is 4.57 Å². The molecule has 472 valence electrons. The van der Waals surface area contributed by atoms with E-state index >= 15 is 0 Å². The van der Waals surface area contributed by atoms with Crippen molar-refractivity contribution in [2.75, 3.05) is 0 Å². The number of aromatic nitrogens is 4. The molecule has 7 heteroatoms. The molecule has 13 rings (SSSR count). The average molecular weight is 1420 g/mol. The summed E-state index contributed by atoms with van der Waals surface area (Å²) in [5.74, 6) is 1.15. The fraction of sp³-hybridized carbons (Fsp3) is 0.230. The van der Waals surface area contributed by atoms with Crippen LogP contribution in [-0.4, -0.2) is 14.1 Å². The second-order valence-electron chi connectivity index (χ2n) is 29.5. The van der Waals surface area contributed by atoms with E-state index in [1.165, 1.54) is 22.3 Å². The largest absolute Gasteiger partial charge is 0.510 e. The molecule has 0 radical (unpaired) electrons. The van der Waals surface area contributed by atoms with Gasteiger partial charge >= 0.3 is 0 Å². The van der Waals surface area contributed by atoms with Crippen molar-refractivity contribution in [3.63, 3.8) is 0 Å². The van der Waals surface area contributed by atoms with Crippen molar-refractivity contribution >= 4 is 32.8 Å². The van der Waals surface area contributed by atoms with Gasteiger partial charge < -0.3 is 13.9 Å². The number of hydrogen-bond donors (Lipinski definition) is 0. The van der Waals surface area contributed by atoms with Crippen molar-refractivity contribution in [1.29, 1.82) is 5.26 Å². The first-order valence-corrected chi connectivity index (χ1v) is 31.6. The second kappa shape index (κ2) is 24.5. The predicted molar refractivity (Wildman–Crippen MR) is 385 cm³/mol. The minimum atomic E-state index is -0.603. The van der Waals surface area contributed by atoms with Crippen molar-refractivity contribution in [2.45, 2.75) is 131 Å². The molecular weight excluding hydrogens is 1330 g/mol. The quantitative estimate of drug-likeness (QED) is 0.101. The summed E-state index contributed by atoms with van der Waals surface area (Å²) in [6, 6.07) is 54.7. The standard InChI is InChI=1S/C87H81N5O.Pt/c1-83(2,3)65-37-38-89-81(51-65)92-77-36-33-59(60-41-61(63-44-66(84(4,5)6)49-67(45-63)85(7,8)9)43-62(42-60)64-46-68(86(10,11)12)50-69(47-64)87(13,14)15)48-76(77)75-35-34-71(53-80(75)92)93-72-40-56(54-88)39-70(52-72)90-55-91(79-32-23-22-31-78(79)90)82-73(57-25-18-16-19-26-57)29-24-30-74(82)58-27-20-17-21-28-58;/h16-51H,1-15H3;/q-2;/i16D,17D,18D,19D,20D,21D,25D,26D,27D,28D;. The number of rotatable bonds is 10. The van der Waals surface area contributed by atoms with Crippen molar-refractivity contribution in [3.8, 4) is 90.4 Å². The van der Waals surface area contributed by atoms with Crippen LogP contribution < -0.4 is 9.30 Å². The molecule has 0 atom stereocenters. The summed E-state index contributed by atoms with van der Waals surface area (Å²) in [5.41, 5.74) is 15.1. The van der Waals surface area contributed by atoms with Crippen LogP contribution in [0, 0.1) is 29.8 Å². The van der Waals surface area contributed by atoms with E-state index in [1.807, 2.05) is 24.4 Å². The number of fused-ring (bicyclic) bond motifs is 4. The van der Waals surface area contributed by atoms with Crippen LogP contribution in [0.4, 0.5) is 0 Å². The van der Waals surface area contributed by atoms with E-state index in [0.717, 1.165) is 55.2 Å². The molecule has 6 nitrogen and oxygen atoms in total. The minimum Gasteiger partial charge on any atom is -0.510 e. The van der Waals surface area contributed by atoms with Gasteiger partial charge in [-0.1, -0.05) is 266 Å². The molecule has 94 heavy (non-hydrogen) atoms. The zero-order chi connectivity index (χ0) is 74.2. The summed E-state index contributed by atoms with van der Waals surface area (Å²) in [7, 11) is 0. The summed E-state index contributed by atoms with van der Waals surface area (Å²) in [5, 5.41) is 12.7. The van der Waals surface area contributed by atoms with E-state index < -0.39 is 60.4 Å². The Balaban J connectivity index is 0.0000102. The molecule has 10 aromatic carbocycles. The average Bonchev–Trinajstić information content (AvgIpc) is 1.62. The minimum absolute atomic E-state index is 0. The summed E-state index contributed by atoms with van der Waals surface area (Å²) in [6.45, 7) is 33.9. The van der Waals surface area contributed by atoms with Crippen LogP contribution in [0.2, 0.25) is 0 Å². The molecule has 3 heterocycles. The molecule has 0 saturated heterocycles. The molecule has 0 fully saturated rings. The molecule has 0 aliphatic heterocycles. The third-order valence-electron chi connectivity index (χ3n) is 17.5. The second-order valence-corrected chi connectivity index (χ2v) is 29.5. The molecule has 0 bridgehead atoms. The van der Waals surface area contributed by atoms with E-state index in [9.17, 15) is 10.7 Å². The molecule has 0 unspecified atom stereocenters. The van der Waals surface area contributed by atoms with E-state index in [1.54, 1.807) is 63.7 Å². The van der Waals surface area contributed by atoms with Crippen LogP contribution >= 0.6 is 0 Å². The summed E-state index contributed by atoms with van der Waals surface area (Å²) >= 11 is 0. The van der Waals surface area contributed by atoms with Gasteiger partial charge in [-0.05, 0) is 158 Å². The Hall–Kier alpha value is -9.40. The van der Waals surface area contributed by atoms with Gasteiger partial charge in [0.2, 0.25) is 0 Å². The normalized spacial score (nSPS) is 13.8. The predicted octanol–water partition coefficient (Wildman–Crippen LogP) is 22.3. The summed E-state index contributed by atoms with van der Waals surface area (Å²) in [6.07, 6.45) is 5.25. The first-order chi connectivity index (χ1) is 48.3. The number of para-hydroxylation sites is 3. The Morgan fingerprint density at radius 3 is 1.51 bits per heavy atom. The van der Waals surface area contributed by atoms with Crippen LogP contribution in [-0.2, 0) is 48.1 Å². The Labute approximate surface area is 584 Å². The molecule has 0 saturated carbocycles. The summed E-state index contributed by atoms with van der Waals surface area (Å²) < 4.78 is 101. The maximum absolute atomic E-state index is 10.8. The van der Waals surface area contributed by atoms with Crippen LogP contribution in [0.1, 0.15) is 151 Å². The monoisotopic (exact) mass is 1420 g/mol. The number of nitrogens with zero attached hydrogens (tertiary/aromatic N) is 5. The van der Waals surface area contributed by atoms with Crippen LogP contribution in [0.25, 0.3) is 106 Å². The SMILES string of the molecule is [2H]c1c([2H])c([2H])c(-c2cccc(-c3c([2H])c([2H])c([2H])c([2H])c3[2H])c2-[n+]2[c-]n(-c3[c-]c(Oc4[c-]c5c(cc4)c4cc(-c6cc(-c7cc(C(C)(C)C)cc(C(C)(C)C)c7)cc(-c7cc(C(C)(C)C)cc(C(C)(C)C)c7)c6)ccc4n5-c4cc(C(C)(C)C)ccn4)cc(C#N)c3)c3ccccc32)c([2H])c1[2H].[Pt]. The first kappa shape index (κ1) is 53.0. The molecule has 13 aromatic rings. The maximum atomic E-state index is 10.8. The van der Waals surface area contributed by atoms with Crippen LogP contribution in [0.5, 0.6) is 11.5 Å². The smallest absolute Gasteiger partial charge is 0.268 e. The van der Waals surface area contributed by atoms with Gasteiger partial charge in [0.05, 0.1) is 36.5 Å². The molecule has 0 spiro atoms. The zero-order valence-electron chi connectivity index (χ0n) is 66.0. The summed E-state index contributed by atoms with van der Waals surface area (Å²) in [4.78, 5) is 5.04. The van der Waals surface area contributed by atoms with Crippen molar-refractivity contribution in [1.82, 2.24) is 14.1 Å². The van der Waals surface area contributed by atoms with Gasteiger partial charge in [0.25, 0.3) is 6.33 Å². The zero-order valence-corrected chi connectivity index (χ0v) is 58.2. The number of imidazole rings is 1. The molecule has 3 aromatic heterocycles. The molecule has 0 aliphatic carbocycles. The molecular formula is C87H81N5OPt-2. The van der Waals surface area contributed by atoms with Crippen molar-refractivity contribution < 1.29 is 44.1 Å². The van der Waals surface area contributed by atoms with E-state index in [-0.39, 0.29) is 87.4 Å². The third kappa shape index (κ3) is 12.8. The van der Waals surface area contributed by atoms with Gasteiger partial charge in [-0.15, -0.1) is 35.7 Å². The van der Waals surface area contributed by atoms with Gasteiger partial charge in [0.1, 0.15) is 5.82 Å². The fourth-order valence-electron chi connectivity index (χ4n) is 12.1. The Morgan fingerprint density at radius 1 is 0.457 bits per heavy atom. The fourth-order valence-corrected chi connectivity index (χ4v) is 12.1. The number of ether oxygens (including phenoxy) is 1.